The standard InChI is InChI=1S/C16H12Cl2O2/c17-13-7-6-11(9-14(13)18)15(19)12-5-1-3-10-4-2-8-20-16(10)12/h1,3,5-7,9H,2,4,8H2. The minimum Gasteiger partial charge on any atom is -0.493 e. The van der Waals surface area contributed by atoms with E-state index in [1.165, 1.54) is 0 Å². The number of fused-ring (bicyclic) bond motifs is 1. The van der Waals surface area contributed by atoms with Crippen LogP contribution in [0, 0.1) is 0 Å². The van der Waals surface area contributed by atoms with Gasteiger partial charge in [-0.2, -0.15) is 0 Å². The summed E-state index contributed by atoms with van der Waals surface area (Å²) in [6.07, 6.45) is 1.93. The lowest BCUT2D eigenvalue weighted by atomic mass is 9.97. The van der Waals surface area contributed by atoms with Crippen LogP contribution in [0.15, 0.2) is 36.4 Å². The van der Waals surface area contributed by atoms with Crippen LogP contribution in [0.5, 0.6) is 5.75 Å². The van der Waals surface area contributed by atoms with Crippen LogP contribution < -0.4 is 4.74 Å². The molecule has 20 heavy (non-hydrogen) atoms. The summed E-state index contributed by atoms with van der Waals surface area (Å²) >= 11 is 11.9. The van der Waals surface area contributed by atoms with Gasteiger partial charge in [0, 0.05) is 5.56 Å². The Balaban J connectivity index is 2.04. The molecule has 0 saturated carbocycles. The molecule has 0 bridgehead atoms. The first-order valence-corrected chi connectivity index (χ1v) is 7.17. The van der Waals surface area contributed by atoms with Crippen LogP contribution in [0.4, 0.5) is 0 Å². The van der Waals surface area contributed by atoms with Crippen LogP contribution >= 0.6 is 23.2 Å². The minimum atomic E-state index is -0.0951. The summed E-state index contributed by atoms with van der Waals surface area (Å²) < 4.78 is 5.67. The SMILES string of the molecule is O=C(c1ccc(Cl)c(Cl)c1)c1cccc2c1OCCC2. The summed E-state index contributed by atoms with van der Waals surface area (Å²) in [6.45, 7) is 0.651. The second-order valence-corrected chi connectivity index (χ2v) is 5.52. The molecule has 0 saturated heterocycles. The molecule has 0 aromatic heterocycles. The van der Waals surface area contributed by atoms with Gasteiger partial charge in [0.05, 0.1) is 22.2 Å². The molecule has 0 unspecified atom stereocenters. The van der Waals surface area contributed by atoms with E-state index >= 15 is 0 Å². The molecule has 102 valence electrons. The fraction of sp³-hybridized carbons (Fsp3) is 0.188. The van der Waals surface area contributed by atoms with Gasteiger partial charge in [-0.1, -0.05) is 35.3 Å². The third-order valence-corrected chi connectivity index (χ3v) is 4.10. The van der Waals surface area contributed by atoms with Crippen molar-refractivity contribution in [2.24, 2.45) is 0 Å². The predicted molar refractivity (Wildman–Crippen MR) is 80.2 cm³/mol. The van der Waals surface area contributed by atoms with E-state index in [2.05, 4.69) is 0 Å². The zero-order valence-corrected chi connectivity index (χ0v) is 12.2. The normalized spacial score (nSPS) is 13.5. The second kappa shape index (κ2) is 5.47. The smallest absolute Gasteiger partial charge is 0.196 e. The fourth-order valence-electron chi connectivity index (χ4n) is 2.36. The van der Waals surface area contributed by atoms with E-state index in [4.69, 9.17) is 27.9 Å². The lowest BCUT2D eigenvalue weighted by molar-refractivity contribution is 0.103. The summed E-state index contributed by atoms with van der Waals surface area (Å²) in [5, 5.41) is 0.817. The van der Waals surface area contributed by atoms with Crippen molar-refractivity contribution in [3.63, 3.8) is 0 Å². The molecule has 2 nitrogen and oxygen atoms in total. The Morgan fingerprint density at radius 2 is 1.95 bits per heavy atom. The minimum absolute atomic E-state index is 0.0951. The molecule has 0 radical (unpaired) electrons. The Morgan fingerprint density at radius 3 is 2.75 bits per heavy atom. The lowest BCUT2D eigenvalue weighted by Gasteiger charge is -2.19. The molecule has 1 heterocycles. The topological polar surface area (TPSA) is 26.3 Å². The molecule has 0 spiro atoms. The third-order valence-electron chi connectivity index (χ3n) is 3.36. The van der Waals surface area contributed by atoms with Crippen molar-refractivity contribution in [3.05, 3.63) is 63.1 Å². The van der Waals surface area contributed by atoms with Crippen LogP contribution in [0.3, 0.4) is 0 Å². The van der Waals surface area contributed by atoms with Crippen LogP contribution in [0.1, 0.15) is 27.9 Å². The Hall–Kier alpha value is -1.51. The number of rotatable bonds is 2. The molecule has 0 N–H and O–H groups in total. The maximum Gasteiger partial charge on any atom is 0.196 e. The predicted octanol–water partition coefficient (Wildman–Crippen LogP) is 4.55. The lowest BCUT2D eigenvalue weighted by Crippen LogP contribution is -2.13. The van der Waals surface area contributed by atoms with Gasteiger partial charge in [-0.25, -0.2) is 0 Å². The molecule has 0 amide bonds. The number of para-hydroxylation sites is 1. The summed E-state index contributed by atoms with van der Waals surface area (Å²) in [7, 11) is 0. The molecule has 1 aliphatic heterocycles. The Kier molecular flexibility index (Phi) is 3.68. The van der Waals surface area contributed by atoms with Crippen molar-refractivity contribution in [1.82, 2.24) is 0 Å². The van der Waals surface area contributed by atoms with Crippen LogP contribution in [-0.2, 0) is 6.42 Å². The highest BCUT2D eigenvalue weighted by atomic mass is 35.5. The summed E-state index contributed by atoms with van der Waals surface area (Å²) in [6, 6.07) is 10.6. The van der Waals surface area contributed by atoms with Crippen molar-refractivity contribution in [1.29, 1.82) is 0 Å². The zero-order chi connectivity index (χ0) is 14.1. The number of aryl methyl sites for hydroxylation is 1. The van der Waals surface area contributed by atoms with E-state index < -0.39 is 0 Å². The van der Waals surface area contributed by atoms with E-state index in [1.807, 2.05) is 12.1 Å². The monoisotopic (exact) mass is 306 g/mol. The number of hydrogen-bond donors (Lipinski definition) is 0. The quantitative estimate of drug-likeness (QED) is 0.761. The molecule has 0 aliphatic carbocycles. The van der Waals surface area contributed by atoms with E-state index in [0.717, 1.165) is 18.4 Å². The molecule has 3 rings (SSSR count). The first kappa shape index (κ1) is 13.5. The van der Waals surface area contributed by atoms with Crippen molar-refractivity contribution in [2.45, 2.75) is 12.8 Å². The van der Waals surface area contributed by atoms with Crippen LogP contribution in [0.25, 0.3) is 0 Å². The zero-order valence-electron chi connectivity index (χ0n) is 10.7. The first-order chi connectivity index (χ1) is 9.66. The average Bonchev–Trinajstić information content (AvgIpc) is 2.49. The highest BCUT2D eigenvalue weighted by molar-refractivity contribution is 6.42. The van der Waals surface area contributed by atoms with Crippen LogP contribution in [0.2, 0.25) is 10.0 Å². The third kappa shape index (κ3) is 2.41. The van der Waals surface area contributed by atoms with Gasteiger partial charge in [0.1, 0.15) is 5.75 Å². The molecular formula is C16H12Cl2O2. The molecule has 1 aliphatic rings. The molecule has 2 aromatic rings. The van der Waals surface area contributed by atoms with Gasteiger partial charge in [-0.05, 0) is 42.7 Å². The summed E-state index contributed by atoms with van der Waals surface area (Å²) in [5.41, 5.74) is 2.18. The Morgan fingerprint density at radius 1 is 1.10 bits per heavy atom. The molecule has 0 atom stereocenters. The van der Waals surface area contributed by atoms with Gasteiger partial charge >= 0.3 is 0 Å². The van der Waals surface area contributed by atoms with E-state index in [9.17, 15) is 4.79 Å². The van der Waals surface area contributed by atoms with Crippen molar-refractivity contribution in [2.75, 3.05) is 6.61 Å². The van der Waals surface area contributed by atoms with Gasteiger partial charge < -0.3 is 4.74 Å². The van der Waals surface area contributed by atoms with Gasteiger partial charge in [-0.3, -0.25) is 4.79 Å². The fourth-order valence-corrected chi connectivity index (χ4v) is 2.66. The number of hydrogen-bond acceptors (Lipinski definition) is 2. The number of halogens is 2. The maximum atomic E-state index is 12.6. The van der Waals surface area contributed by atoms with Crippen molar-refractivity contribution >= 4 is 29.0 Å². The van der Waals surface area contributed by atoms with E-state index in [0.29, 0.717) is 33.5 Å². The second-order valence-electron chi connectivity index (χ2n) is 4.70. The molecular weight excluding hydrogens is 295 g/mol. The first-order valence-electron chi connectivity index (χ1n) is 6.41. The number of carbonyl (C=O) groups is 1. The Labute approximate surface area is 127 Å². The highest BCUT2D eigenvalue weighted by Gasteiger charge is 2.20. The number of benzene rings is 2. The van der Waals surface area contributed by atoms with Gasteiger partial charge in [0.2, 0.25) is 0 Å². The van der Waals surface area contributed by atoms with E-state index in [1.54, 1.807) is 24.3 Å². The van der Waals surface area contributed by atoms with Crippen molar-refractivity contribution in [3.8, 4) is 5.75 Å². The van der Waals surface area contributed by atoms with Gasteiger partial charge in [0.25, 0.3) is 0 Å². The van der Waals surface area contributed by atoms with Gasteiger partial charge in [0.15, 0.2) is 5.78 Å². The number of ketones is 1. The molecule has 0 fully saturated rings. The van der Waals surface area contributed by atoms with Crippen molar-refractivity contribution < 1.29 is 9.53 Å². The van der Waals surface area contributed by atoms with E-state index in [-0.39, 0.29) is 5.78 Å². The largest absolute Gasteiger partial charge is 0.493 e. The molecule has 2 aromatic carbocycles. The maximum absolute atomic E-state index is 12.6. The number of ether oxygens (including phenoxy) is 1. The Bertz CT molecular complexity index is 680. The molecule has 4 heteroatoms. The van der Waals surface area contributed by atoms with Crippen LogP contribution in [-0.4, -0.2) is 12.4 Å². The van der Waals surface area contributed by atoms with Gasteiger partial charge in [-0.15, -0.1) is 0 Å². The summed E-state index contributed by atoms with van der Waals surface area (Å²) in [4.78, 5) is 12.6. The number of carbonyl (C=O) groups excluding carboxylic acids is 1. The highest BCUT2D eigenvalue weighted by Crippen LogP contribution is 2.31. The average molecular weight is 307 g/mol. The summed E-state index contributed by atoms with van der Waals surface area (Å²) in [5.74, 6) is 0.608.